The highest BCUT2D eigenvalue weighted by molar-refractivity contribution is 6.07. The van der Waals surface area contributed by atoms with Crippen LogP contribution in [-0.4, -0.2) is 86.5 Å². The lowest BCUT2D eigenvalue weighted by Crippen LogP contribution is -2.36. The van der Waals surface area contributed by atoms with Crippen LogP contribution in [0.15, 0.2) is 48.9 Å². The molecule has 1 aromatic carbocycles. The Hall–Kier alpha value is -3.74. The van der Waals surface area contributed by atoms with E-state index in [2.05, 4.69) is 35.3 Å². The average molecular weight is 490 g/mol. The maximum Gasteiger partial charge on any atom is 0.278 e. The number of rotatable bonds is 10. The summed E-state index contributed by atoms with van der Waals surface area (Å²) in [5.74, 6) is -0.409. The molecular formula is C24H31BN8O3. The van der Waals surface area contributed by atoms with Gasteiger partial charge in [0.15, 0.2) is 19.5 Å². The summed E-state index contributed by atoms with van der Waals surface area (Å²) in [5, 5.41) is 15.4. The first kappa shape index (κ1) is 25.4. The van der Waals surface area contributed by atoms with Crippen molar-refractivity contribution in [1.29, 1.82) is 0 Å². The minimum atomic E-state index is -0.456. The Bertz CT molecular complexity index is 1160. The molecule has 0 bridgehead atoms. The Morgan fingerprint density at radius 3 is 2.67 bits per heavy atom. The van der Waals surface area contributed by atoms with Crippen LogP contribution >= 0.6 is 0 Å². The Morgan fingerprint density at radius 2 is 1.94 bits per heavy atom. The zero-order chi connectivity index (χ0) is 25.3. The maximum atomic E-state index is 13.2. The van der Waals surface area contributed by atoms with Crippen LogP contribution in [0.2, 0.25) is 0 Å². The number of aliphatic hydroxyl groups excluding tert-OH is 1. The van der Waals surface area contributed by atoms with Crippen molar-refractivity contribution < 1.29 is 14.6 Å². The average Bonchev–Trinajstić information content (AvgIpc) is 2.92. The highest BCUT2D eigenvalue weighted by Crippen LogP contribution is 2.27. The molecule has 0 spiro atoms. The van der Waals surface area contributed by atoms with Crippen LogP contribution in [0, 0.1) is 0 Å². The molecule has 3 aromatic rings. The van der Waals surface area contributed by atoms with Gasteiger partial charge >= 0.3 is 0 Å². The van der Waals surface area contributed by atoms with Gasteiger partial charge in [-0.05, 0) is 18.2 Å². The van der Waals surface area contributed by atoms with Crippen LogP contribution in [0.5, 0.6) is 0 Å². The summed E-state index contributed by atoms with van der Waals surface area (Å²) in [6.07, 6.45) is 4.86. The molecule has 11 nitrogen and oxygen atoms in total. The SMILES string of the molecule is BNCCN(CCO)c1ccc(-c2cnc(N)c(C(=O)Nc3cnccc3N3CCOCC3)n2)cc1. The monoisotopic (exact) mass is 490 g/mol. The quantitative estimate of drug-likeness (QED) is 0.290. The number of carbonyl (C=O) groups excluding carboxylic acids is 1. The van der Waals surface area contributed by atoms with Crippen LogP contribution in [0.3, 0.4) is 0 Å². The van der Waals surface area contributed by atoms with Gasteiger partial charge in [-0.1, -0.05) is 12.1 Å². The van der Waals surface area contributed by atoms with Gasteiger partial charge in [-0.2, -0.15) is 0 Å². The summed E-state index contributed by atoms with van der Waals surface area (Å²) < 4.78 is 5.44. The minimum Gasteiger partial charge on any atom is -0.395 e. The van der Waals surface area contributed by atoms with Gasteiger partial charge < -0.3 is 35.9 Å². The van der Waals surface area contributed by atoms with E-state index in [1.165, 1.54) is 0 Å². The van der Waals surface area contributed by atoms with E-state index in [9.17, 15) is 9.90 Å². The lowest BCUT2D eigenvalue weighted by molar-refractivity contribution is 0.102. The standard InChI is InChI=1S/C24H31BN8O3/c25-29-7-8-32(9-12-34)18-3-1-17(2-4-18)19-16-28-23(26)22(30-19)24(35)31-20-15-27-6-5-21(20)33-10-13-36-14-11-33/h1-6,15-16,29,34H,7-14,25H2,(H2,26,28)(H,31,35). The lowest BCUT2D eigenvalue weighted by Gasteiger charge is -2.30. The molecule has 0 saturated carbocycles. The molecule has 1 aliphatic rings. The summed E-state index contributed by atoms with van der Waals surface area (Å²) in [5.41, 5.74) is 9.83. The first-order valence-corrected chi connectivity index (χ1v) is 11.9. The van der Waals surface area contributed by atoms with Crippen molar-refractivity contribution in [2.75, 3.05) is 73.4 Å². The molecule has 0 aliphatic carbocycles. The number of nitrogens with two attached hydrogens (primary N) is 1. The molecule has 5 N–H and O–H groups in total. The fourth-order valence-corrected chi connectivity index (χ4v) is 4.03. The number of ether oxygens (including phenoxy) is 1. The fraction of sp³-hybridized carbons (Fsp3) is 0.333. The molecule has 1 fully saturated rings. The minimum absolute atomic E-state index is 0.0456. The molecule has 1 saturated heterocycles. The second-order valence-corrected chi connectivity index (χ2v) is 8.30. The van der Waals surface area contributed by atoms with Gasteiger partial charge in [-0.15, -0.1) is 0 Å². The first-order valence-electron chi connectivity index (χ1n) is 11.9. The number of amides is 1. The number of pyridine rings is 1. The Kier molecular flexibility index (Phi) is 8.66. The van der Waals surface area contributed by atoms with Gasteiger partial charge in [0, 0.05) is 50.2 Å². The van der Waals surface area contributed by atoms with Crippen LogP contribution in [0.25, 0.3) is 11.3 Å². The molecule has 3 heterocycles. The normalized spacial score (nSPS) is 13.4. The van der Waals surface area contributed by atoms with Crippen molar-refractivity contribution in [2.24, 2.45) is 0 Å². The third-order valence-corrected chi connectivity index (χ3v) is 5.94. The van der Waals surface area contributed by atoms with Crippen LogP contribution in [0.1, 0.15) is 10.5 Å². The number of aliphatic hydroxyl groups is 1. The van der Waals surface area contributed by atoms with Gasteiger partial charge in [-0.25, -0.2) is 9.97 Å². The van der Waals surface area contributed by atoms with E-state index in [0.717, 1.165) is 43.1 Å². The molecule has 12 heteroatoms. The predicted molar refractivity (Wildman–Crippen MR) is 143 cm³/mol. The van der Waals surface area contributed by atoms with Crippen LogP contribution < -0.4 is 26.1 Å². The van der Waals surface area contributed by atoms with Crippen molar-refractivity contribution in [3.05, 3.63) is 54.6 Å². The molecule has 1 aliphatic heterocycles. The van der Waals surface area contributed by atoms with E-state index < -0.39 is 5.91 Å². The molecule has 36 heavy (non-hydrogen) atoms. The molecule has 0 radical (unpaired) electrons. The van der Waals surface area contributed by atoms with E-state index in [1.54, 1.807) is 18.6 Å². The first-order chi connectivity index (χ1) is 17.6. The number of nitrogens with zero attached hydrogens (tertiary/aromatic N) is 5. The number of aromatic nitrogens is 3. The van der Waals surface area contributed by atoms with E-state index in [4.69, 9.17) is 10.5 Å². The fourth-order valence-electron chi connectivity index (χ4n) is 4.03. The summed E-state index contributed by atoms with van der Waals surface area (Å²) in [6.45, 7) is 4.88. The van der Waals surface area contributed by atoms with E-state index in [1.807, 2.05) is 38.3 Å². The second kappa shape index (κ2) is 12.3. The van der Waals surface area contributed by atoms with Gasteiger partial charge in [0.05, 0.1) is 49.3 Å². The number of anilines is 4. The third-order valence-electron chi connectivity index (χ3n) is 5.94. The largest absolute Gasteiger partial charge is 0.395 e. The number of hydrogen-bond acceptors (Lipinski definition) is 10. The number of nitrogens with one attached hydrogen (secondary N) is 2. The Morgan fingerprint density at radius 1 is 1.17 bits per heavy atom. The van der Waals surface area contributed by atoms with Gasteiger partial charge in [0.1, 0.15) is 0 Å². The second-order valence-electron chi connectivity index (χ2n) is 8.30. The molecule has 0 atom stereocenters. The van der Waals surface area contributed by atoms with Gasteiger partial charge in [0.2, 0.25) is 0 Å². The number of benzene rings is 1. The summed E-state index contributed by atoms with van der Waals surface area (Å²) in [6, 6.07) is 9.62. The summed E-state index contributed by atoms with van der Waals surface area (Å²) in [4.78, 5) is 30.3. The summed E-state index contributed by atoms with van der Waals surface area (Å²) >= 11 is 0. The number of morpholine rings is 1. The molecule has 1 amide bonds. The van der Waals surface area contributed by atoms with E-state index >= 15 is 0 Å². The highest BCUT2D eigenvalue weighted by Gasteiger charge is 2.20. The molecule has 2 aromatic heterocycles. The highest BCUT2D eigenvalue weighted by atomic mass is 16.5. The van der Waals surface area contributed by atoms with Crippen LogP contribution in [0.4, 0.5) is 22.9 Å². The van der Waals surface area contributed by atoms with Crippen molar-refractivity contribution in [2.45, 2.75) is 0 Å². The topological polar surface area (TPSA) is 142 Å². The van der Waals surface area contributed by atoms with E-state index in [0.29, 0.717) is 31.1 Å². The van der Waals surface area contributed by atoms with Gasteiger partial charge in [0.25, 0.3) is 5.91 Å². The zero-order valence-corrected chi connectivity index (χ0v) is 20.4. The Balaban J connectivity index is 1.53. The number of hydrogen-bond donors (Lipinski definition) is 4. The van der Waals surface area contributed by atoms with Crippen molar-refractivity contribution in [1.82, 2.24) is 20.2 Å². The van der Waals surface area contributed by atoms with Gasteiger partial charge in [-0.3, -0.25) is 9.78 Å². The number of carbonyl (C=O) groups is 1. The van der Waals surface area contributed by atoms with Crippen molar-refractivity contribution >= 4 is 36.8 Å². The molecular weight excluding hydrogens is 459 g/mol. The molecule has 0 unspecified atom stereocenters. The third kappa shape index (κ3) is 6.09. The maximum absolute atomic E-state index is 13.2. The lowest BCUT2D eigenvalue weighted by atomic mass is 10.1. The smallest absolute Gasteiger partial charge is 0.278 e. The van der Waals surface area contributed by atoms with Crippen LogP contribution in [-0.2, 0) is 4.74 Å². The van der Waals surface area contributed by atoms with Crippen molar-refractivity contribution in [3.8, 4) is 11.3 Å². The predicted octanol–water partition coefficient (Wildman–Crippen LogP) is 0.146. The van der Waals surface area contributed by atoms with Crippen molar-refractivity contribution in [3.63, 3.8) is 0 Å². The molecule has 188 valence electrons. The summed E-state index contributed by atoms with van der Waals surface area (Å²) in [7, 11) is 1.89. The number of nitrogen functional groups attached to an aromatic ring is 1. The Labute approximate surface area is 211 Å². The van der Waals surface area contributed by atoms with E-state index in [-0.39, 0.29) is 18.1 Å². The zero-order valence-electron chi connectivity index (χ0n) is 20.4. The molecule has 4 rings (SSSR count).